The normalized spacial score (nSPS) is 11.5. The van der Waals surface area contributed by atoms with Crippen molar-refractivity contribution in [1.29, 1.82) is 0 Å². The first-order chi connectivity index (χ1) is 13.7. The molecule has 0 unspecified atom stereocenters. The number of aryl methyl sites for hydroxylation is 1. The molecule has 152 valence electrons. The Morgan fingerprint density at radius 1 is 1.28 bits per heavy atom. The molecule has 0 fully saturated rings. The first-order valence-corrected chi connectivity index (χ1v) is 9.98. The number of pyridine rings is 1. The third-order valence-corrected chi connectivity index (χ3v) is 5.85. The predicted molar refractivity (Wildman–Crippen MR) is 104 cm³/mol. The lowest BCUT2D eigenvalue weighted by atomic mass is 10.2. The Labute approximate surface area is 165 Å². The standard InChI is InChI=1S/C17H18N6O5S/c1-12-5-6-14(23(25)26)10-15(12)29(27,28)19-8-9-22-17(24)21(2)16(20-22)13-4-3-7-18-11-13/h3-7,10-11,19H,8-9H2,1-2H3. The van der Waals surface area contributed by atoms with Crippen molar-refractivity contribution in [3.8, 4) is 11.4 Å². The molecule has 0 bridgehead atoms. The highest BCUT2D eigenvalue weighted by Gasteiger charge is 2.20. The number of nitrogens with one attached hydrogen (secondary N) is 1. The van der Waals surface area contributed by atoms with Crippen molar-refractivity contribution in [2.45, 2.75) is 18.4 Å². The van der Waals surface area contributed by atoms with Gasteiger partial charge >= 0.3 is 5.69 Å². The van der Waals surface area contributed by atoms with Crippen LogP contribution in [0.3, 0.4) is 0 Å². The summed E-state index contributed by atoms with van der Waals surface area (Å²) in [5, 5.41) is 15.1. The number of nitro groups is 1. The monoisotopic (exact) mass is 418 g/mol. The van der Waals surface area contributed by atoms with Crippen LogP contribution in [0.2, 0.25) is 0 Å². The van der Waals surface area contributed by atoms with Gasteiger partial charge in [0.25, 0.3) is 5.69 Å². The molecule has 2 heterocycles. The minimum absolute atomic E-state index is 0.0138. The Hall–Kier alpha value is -3.38. The highest BCUT2D eigenvalue weighted by Crippen LogP contribution is 2.21. The molecule has 3 rings (SSSR count). The molecule has 0 saturated heterocycles. The van der Waals surface area contributed by atoms with Gasteiger partial charge in [-0.1, -0.05) is 6.07 Å². The van der Waals surface area contributed by atoms with Crippen molar-refractivity contribution < 1.29 is 13.3 Å². The minimum atomic E-state index is -4.00. The lowest BCUT2D eigenvalue weighted by Crippen LogP contribution is -2.32. The number of rotatable bonds is 7. The number of non-ortho nitro benzene ring substituents is 1. The molecule has 29 heavy (non-hydrogen) atoms. The van der Waals surface area contributed by atoms with Crippen molar-refractivity contribution in [3.63, 3.8) is 0 Å². The fraction of sp³-hybridized carbons (Fsp3) is 0.235. The number of hydrogen-bond acceptors (Lipinski definition) is 7. The van der Waals surface area contributed by atoms with Crippen molar-refractivity contribution in [3.05, 3.63) is 68.9 Å². The second-order valence-electron chi connectivity index (χ2n) is 6.23. The van der Waals surface area contributed by atoms with Crippen molar-refractivity contribution in [2.24, 2.45) is 7.05 Å². The SMILES string of the molecule is Cc1ccc([N+](=O)[O-])cc1S(=O)(=O)NCCn1nc(-c2cccnc2)n(C)c1=O. The van der Waals surface area contributed by atoms with Crippen LogP contribution in [0.5, 0.6) is 0 Å². The van der Waals surface area contributed by atoms with E-state index in [9.17, 15) is 23.3 Å². The van der Waals surface area contributed by atoms with Gasteiger partial charge in [0.2, 0.25) is 10.0 Å². The van der Waals surface area contributed by atoms with Gasteiger partial charge in [0.1, 0.15) is 0 Å². The van der Waals surface area contributed by atoms with E-state index >= 15 is 0 Å². The molecule has 0 aliphatic rings. The number of sulfonamides is 1. The van der Waals surface area contributed by atoms with Crippen molar-refractivity contribution in [2.75, 3.05) is 6.54 Å². The van der Waals surface area contributed by atoms with Gasteiger partial charge in [-0.05, 0) is 24.6 Å². The van der Waals surface area contributed by atoms with Gasteiger partial charge in [-0.15, -0.1) is 5.10 Å². The number of benzene rings is 1. The van der Waals surface area contributed by atoms with Gasteiger partial charge in [0.05, 0.1) is 16.4 Å². The second kappa shape index (κ2) is 7.93. The molecular formula is C17H18N6O5S. The van der Waals surface area contributed by atoms with E-state index in [1.54, 1.807) is 38.5 Å². The molecule has 0 amide bonds. The van der Waals surface area contributed by atoms with Crippen molar-refractivity contribution >= 4 is 15.7 Å². The molecule has 3 aromatic rings. The fourth-order valence-electron chi connectivity index (χ4n) is 2.74. The Bertz CT molecular complexity index is 1220. The van der Waals surface area contributed by atoms with E-state index in [0.29, 0.717) is 17.0 Å². The van der Waals surface area contributed by atoms with E-state index in [1.165, 1.54) is 16.7 Å². The maximum absolute atomic E-state index is 12.5. The first-order valence-electron chi connectivity index (χ1n) is 8.49. The highest BCUT2D eigenvalue weighted by atomic mass is 32.2. The molecule has 12 heteroatoms. The fourth-order valence-corrected chi connectivity index (χ4v) is 4.02. The zero-order valence-corrected chi connectivity index (χ0v) is 16.5. The molecular weight excluding hydrogens is 400 g/mol. The van der Waals surface area contributed by atoms with Crippen LogP contribution < -0.4 is 10.4 Å². The number of nitro benzene ring substituents is 1. The third-order valence-electron chi connectivity index (χ3n) is 4.25. The van der Waals surface area contributed by atoms with Crippen LogP contribution >= 0.6 is 0 Å². The largest absolute Gasteiger partial charge is 0.345 e. The van der Waals surface area contributed by atoms with E-state index in [4.69, 9.17) is 0 Å². The number of hydrogen-bond donors (Lipinski definition) is 1. The quantitative estimate of drug-likeness (QED) is 0.442. The Morgan fingerprint density at radius 2 is 2.03 bits per heavy atom. The molecule has 11 nitrogen and oxygen atoms in total. The van der Waals surface area contributed by atoms with Crippen LogP contribution in [-0.4, -0.2) is 39.2 Å². The van der Waals surface area contributed by atoms with E-state index in [1.807, 2.05) is 0 Å². The van der Waals surface area contributed by atoms with Gasteiger partial charge in [0.15, 0.2) is 5.82 Å². The number of aromatic nitrogens is 4. The summed E-state index contributed by atoms with van der Waals surface area (Å²) in [6.45, 7) is 1.41. The summed E-state index contributed by atoms with van der Waals surface area (Å²) in [5.74, 6) is 0.403. The topological polar surface area (TPSA) is 142 Å². The summed E-state index contributed by atoms with van der Waals surface area (Å²) < 4.78 is 29.9. The highest BCUT2D eigenvalue weighted by molar-refractivity contribution is 7.89. The summed E-state index contributed by atoms with van der Waals surface area (Å²) in [6.07, 6.45) is 3.17. The third kappa shape index (κ3) is 4.22. The first kappa shape index (κ1) is 20.4. The van der Waals surface area contributed by atoms with Gasteiger partial charge in [-0.25, -0.2) is 22.6 Å². The summed E-state index contributed by atoms with van der Waals surface area (Å²) in [6, 6.07) is 7.09. The molecule has 1 N–H and O–H groups in total. The van der Waals surface area contributed by atoms with Gasteiger partial charge in [-0.3, -0.25) is 19.7 Å². The maximum Gasteiger partial charge on any atom is 0.345 e. The van der Waals surface area contributed by atoms with Crippen LogP contribution in [0.1, 0.15) is 5.56 Å². The predicted octanol–water partition coefficient (Wildman–Crippen LogP) is 0.839. The second-order valence-corrected chi connectivity index (χ2v) is 7.97. The molecule has 2 aromatic heterocycles. The molecule has 0 aliphatic carbocycles. The maximum atomic E-state index is 12.5. The zero-order valence-electron chi connectivity index (χ0n) is 15.6. The average molecular weight is 418 g/mol. The van der Waals surface area contributed by atoms with Crippen LogP contribution in [0, 0.1) is 17.0 Å². The summed E-state index contributed by atoms with van der Waals surface area (Å²) in [5.41, 5.74) is 0.295. The van der Waals surface area contributed by atoms with Gasteiger partial charge < -0.3 is 0 Å². The summed E-state index contributed by atoms with van der Waals surface area (Å²) in [4.78, 5) is 26.4. The lowest BCUT2D eigenvalue weighted by molar-refractivity contribution is -0.385. The number of nitrogens with zero attached hydrogens (tertiary/aromatic N) is 5. The van der Waals surface area contributed by atoms with Crippen LogP contribution in [0.4, 0.5) is 5.69 Å². The van der Waals surface area contributed by atoms with E-state index in [2.05, 4.69) is 14.8 Å². The Balaban J connectivity index is 1.77. The smallest absolute Gasteiger partial charge is 0.278 e. The average Bonchev–Trinajstić information content (AvgIpc) is 2.97. The van der Waals surface area contributed by atoms with Gasteiger partial charge in [0, 0.05) is 43.7 Å². The van der Waals surface area contributed by atoms with Crippen LogP contribution in [0.15, 0.2) is 52.4 Å². The van der Waals surface area contributed by atoms with E-state index < -0.39 is 20.6 Å². The molecule has 0 saturated carbocycles. The molecule has 0 radical (unpaired) electrons. The van der Waals surface area contributed by atoms with E-state index in [-0.39, 0.29) is 23.7 Å². The molecule has 0 spiro atoms. The minimum Gasteiger partial charge on any atom is -0.278 e. The van der Waals surface area contributed by atoms with Crippen LogP contribution in [0.25, 0.3) is 11.4 Å². The lowest BCUT2D eigenvalue weighted by Gasteiger charge is -2.09. The van der Waals surface area contributed by atoms with Crippen molar-refractivity contribution in [1.82, 2.24) is 24.1 Å². The summed E-state index contributed by atoms with van der Waals surface area (Å²) >= 11 is 0. The van der Waals surface area contributed by atoms with E-state index in [0.717, 1.165) is 10.7 Å². The molecule has 0 aliphatic heterocycles. The van der Waals surface area contributed by atoms with Gasteiger partial charge in [-0.2, -0.15) is 0 Å². The zero-order chi connectivity index (χ0) is 21.2. The Morgan fingerprint density at radius 3 is 2.69 bits per heavy atom. The Kier molecular flexibility index (Phi) is 5.57. The molecule has 0 atom stereocenters. The molecule has 1 aromatic carbocycles. The summed E-state index contributed by atoms with van der Waals surface area (Å²) in [7, 11) is -2.44. The van der Waals surface area contributed by atoms with Crippen LogP contribution in [-0.2, 0) is 23.6 Å².